The van der Waals surface area contributed by atoms with E-state index in [1.807, 2.05) is 54.6 Å². The molecule has 4 aromatic rings. The van der Waals surface area contributed by atoms with Gasteiger partial charge in [-0.3, -0.25) is 14.9 Å². The molecule has 2 amide bonds. The summed E-state index contributed by atoms with van der Waals surface area (Å²) in [6.07, 6.45) is 3.91. The summed E-state index contributed by atoms with van der Waals surface area (Å²) in [5.74, 6) is 0.326. The lowest BCUT2D eigenvalue weighted by Gasteiger charge is -2.22. The highest BCUT2D eigenvalue weighted by Crippen LogP contribution is 2.31. The number of benzene rings is 2. The number of aromatic nitrogens is 2. The zero-order chi connectivity index (χ0) is 23.4. The summed E-state index contributed by atoms with van der Waals surface area (Å²) in [5.41, 5.74) is 1.84. The molecule has 2 heterocycles. The zero-order valence-electron chi connectivity index (χ0n) is 19.0. The maximum absolute atomic E-state index is 13.1. The molecule has 0 aliphatic carbocycles. The third-order valence-electron chi connectivity index (χ3n) is 5.89. The van der Waals surface area contributed by atoms with Crippen molar-refractivity contribution in [3.8, 4) is 0 Å². The number of fused-ring (bicyclic) bond motifs is 2. The van der Waals surface area contributed by atoms with Gasteiger partial charge in [-0.15, -0.1) is 11.3 Å². The molecule has 0 saturated carbocycles. The van der Waals surface area contributed by atoms with E-state index in [2.05, 4.69) is 23.4 Å². The van der Waals surface area contributed by atoms with Crippen molar-refractivity contribution in [3.05, 3.63) is 72.1 Å². The fourth-order valence-corrected chi connectivity index (χ4v) is 5.06. The monoisotopic (exact) mass is 460 g/mol. The van der Waals surface area contributed by atoms with Gasteiger partial charge in [-0.1, -0.05) is 43.8 Å². The predicted molar refractivity (Wildman–Crippen MR) is 136 cm³/mol. The minimum atomic E-state index is -0.154. The van der Waals surface area contributed by atoms with Gasteiger partial charge in [0.25, 0.3) is 5.91 Å². The van der Waals surface area contributed by atoms with Crippen LogP contribution in [0.3, 0.4) is 0 Å². The maximum Gasteiger partial charge on any atom is 0.268 e. The summed E-state index contributed by atoms with van der Waals surface area (Å²) in [4.78, 5) is 32.0. The molecule has 0 fully saturated rings. The fourth-order valence-electron chi connectivity index (χ4n) is 4.11. The lowest BCUT2D eigenvalue weighted by molar-refractivity contribution is -0.124. The Bertz CT molecular complexity index is 1270. The first-order valence-corrected chi connectivity index (χ1v) is 12.0. The molecule has 0 spiro atoms. The second-order valence-electron chi connectivity index (χ2n) is 8.06. The Balaban J connectivity index is 1.59. The van der Waals surface area contributed by atoms with Crippen molar-refractivity contribution >= 4 is 50.2 Å². The molecule has 6 nitrogen and oxygen atoms in total. The summed E-state index contributed by atoms with van der Waals surface area (Å²) in [6.45, 7) is 6.34. The Morgan fingerprint density at radius 2 is 1.97 bits per heavy atom. The summed E-state index contributed by atoms with van der Waals surface area (Å²) < 4.78 is 3.22. The second kappa shape index (κ2) is 10.0. The minimum Gasteiger partial charge on any atom is -0.342 e. The Hall–Kier alpha value is -3.45. The molecule has 2 aromatic carbocycles. The van der Waals surface area contributed by atoms with Gasteiger partial charge >= 0.3 is 0 Å². The van der Waals surface area contributed by atoms with Crippen molar-refractivity contribution in [3.63, 3.8) is 0 Å². The molecule has 170 valence electrons. The molecular weight excluding hydrogens is 432 g/mol. The van der Waals surface area contributed by atoms with E-state index in [0.717, 1.165) is 40.4 Å². The van der Waals surface area contributed by atoms with E-state index in [1.165, 1.54) is 17.4 Å². The topological polar surface area (TPSA) is 67.2 Å². The molecule has 0 saturated heterocycles. The summed E-state index contributed by atoms with van der Waals surface area (Å²) in [5, 5.41) is 4.13. The molecule has 2 aromatic heterocycles. The third-order valence-corrected chi connectivity index (χ3v) is 7.00. The van der Waals surface area contributed by atoms with Crippen LogP contribution in [0, 0.1) is 0 Å². The van der Waals surface area contributed by atoms with Crippen LogP contribution >= 0.6 is 11.3 Å². The normalized spacial score (nSPS) is 12.1. The number of hydrogen-bond donors (Lipinski definition) is 1. The first-order chi connectivity index (χ1) is 16.0. The van der Waals surface area contributed by atoms with E-state index in [9.17, 15) is 9.59 Å². The van der Waals surface area contributed by atoms with Gasteiger partial charge in [-0.05, 0) is 55.0 Å². The van der Waals surface area contributed by atoms with Crippen LogP contribution in [0.5, 0.6) is 0 Å². The van der Waals surface area contributed by atoms with Gasteiger partial charge in [0.1, 0.15) is 0 Å². The lowest BCUT2D eigenvalue weighted by atomic mass is 10.1. The number of para-hydroxylation sites is 2. The van der Waals surface area contributed by atoms with Crippen molar-refractivity contribution in [2.75, 3.05) is 18.9 Å². The highest BCUT2D eigenvalue weighted by molar-refractivity contribution is 7.20. The highest BCUT2D eigenvalue weighted by Gasteiger charge is 2.21. The smallest absolute Gasteiger partial charge is 0.268 e. The van der Waals surface area contributed by atoms with Crippen molar-refractivity contribution < 1.29 is 9.59 Å². The van der Waals surface area contributed by atoms with Gasteiger partial charge in [0.05, 0.1) is 15.9 Å². The number of nitrogens with zero attached hydrogens (tertiary/aromatic N) is 3. The van der Waals surface area contributed by atoms with E-state index in [-0.39, 0.29) is 17.9 Å². The molecule has 0 radical (unpaired) electrons. The van der Waals surface area contributed by atoms with Gasteiger partial charge in [-0.25, -0.2) is 4.98 Å². The van der Waals surface area contributed by atoms with Gasteiger partial charge in [0.2, 0.25) is 11.9 Å². The fraction of sp³-hybridized carbons (Fsp3) is 0.269. The highest BCUT2D eigenvalue weighted by atomic mass is 32.1. The van der Waals surface area contributed by atoms with Crippen molar-refractivity contribution in [2.24, 2.45) is 0 Å². The van der Waals surface area contributed by atoms with Crippen LogP contribution in [0.4, 0.5) is 5.95 Å². The molecule has 0 unspecified atom stereocenters. The molecule has 33 heavy (non-hydrogen) atoms. The van der Waals surface area contributed by atoms with Crippen LogP contribution in [-0.4, -0.2) is 39.9 Å². The number of rotatable bonds is 9. The number of amides is 2. The standard InChI is InChI=1S/C26H28N4O2S/c1-4-19(12-10-16-29(3)24(31)5-2)30-21-14-8-7-13-20(21)27-26(30)28-25(32)23-17-18-11-6-9-15-22(18)33-23/h5-9,11,13-15,17,19H,2,4,10,12,16H2,1,3H3,(H,27,28,32)/t19-/m0/s1. The Kier molecular flexibility index (Phi) is 6.89. The molecule has 0 aliphatic rings. The predicted octanol–water partition coefficient (Wildman–Crippen LogP) is 5.88. The van der Waals surface area contributed by atoms with E-state index >= 15 is 0 Å². The van der Waals surface area contributed by atoms with Crippen molar-refractivity contribution in [1.29, 1.82) is 0 Å². The van der Waals surface area contributed by atoms with Crippen LogP contribution in [0.25, 0.3) is 21.1 Å². The van der Waals surface area contributed by atoms with Crippen LogP contribution in [-0.2, 0) is 4.79 Å². The average Bonchev–Trinajstić information content (AvgIpc) is 3.42. The van der Waals surface area contributed by atoms with E-state index in [1.54, 1.807) is 11.9 Å². The van der Waals surface area contributed by atoms with Crippen LogP contribution in [0.15, 0.2) is 67.3 Å². The molecular formula is C26H28N4O2S. The molecule has 1 atom stereocenters. The van der Waals surface area contributed by atoms with Crippen molar-refractivity contribution in [1.82, 2.24) is 14.5 Å². The van der Waals surface area contributed by atoms with Gasteiger partial charge in [0.15, 0.2) is 0 Å². The number of hydrogen-bond acceptors (Lipinski definition) is 4. The van der Waals surface area contributed by atoms with Crippen LogP contribution < -0.4 is 5.32 Å². The molecule has 4 rings (SSSR count). The van der Waals surface area contributed by atoms with E-state index in [0.29, 0.717) is 17.4 Å². The number of anilines is 1. The van der Waals surface area contributed by atoms with Gasteiger partial charge < -0.3 is 9.47 Å². The zero-order valence-corrected chi connectivity index (χ0v) is 19.8. The average molecular weight is 461 g/mol. The number of likely N-dealkylation sites (N-methyl/N-ethyl adjacent to an activating group) is 1. The van der Waals surface area contributed by atoms with E-state index in [4.69, 9.17) is 4.98 Å². The Morgan fingerprint density at radius 3 is 2.73 bits per heavy atom. The molecule has 0 aliphatic heterocycles. The SMILES string of the molecule is C=CC(=O)N(C)CCC[C@H](CC)n1c(NC(=O)c2cc3ccccc3s2)nc2ccccc21. The second-order valence-corrected chi connectivity index (χ2v) is 9.15. The minimum absolute atomic E-state index is 0.0765. The number of thiophene rings is 1. The summed E-state index contributed by atoms with van der Waals surface area (Å²) in [7, 11) is 1.79. The lowest BCUT2D eigenvalue weighted by Crippen LogP contribution is -2.26. The number of imidazole rings is 1. The number of nitrogens with one attached hydrogen (secondary N) is 1. The largest absolute Gasteiger partial charge is 0.342 e. The van der Waals surface area contributed by atoms with Gasteiger partial charge in [0, 0.05) is 24.3 Å². The maximum atomic E-state index is 13.1. The van der Waals surface area contributed by atoms with Crippen molar-refractivity contribution in [2.45, 2.75) is 32.2 Å². The van der Waals surface area contributed by atoms with Crippen LogP contribution in [0.2, 0.25) is 0 Å². The third kappa shape index (κ3) is 4.83. The number of carbonyl (C=O) groups is 2. The summed E-state index contributed by atoms with van der Waals surface area (Å²) in [6, 6.07) is 18.0. The first-order valence-electron chi connectivity index (χ1n) is 11.2. The van der Waals surface area contributed by atoms with Crippen LogP contribution in [0.1, 0.15) is 41.9 Å². The quantitative estimate of drug-likeness (QED) is 0.317. The molecule has 1 N–H and O–H groups in total. The first kappa shape index (κ1) is 22.7. The van der Waals surface area contributed by atoms with Gasteiger partial charge in [-0.2, -0.15) is 0 Å². The van der Waals surface area contributed by atoms with E-state index < -0.39 is 0 Å². The molecule has 7 heteroatoms. The Morgan fingerprint density at radius 1 is 1.21 bits per heavy atom. The number of carbonyl (C=O) groups excluding carboxylic acids is 2. The Labute approximate surface area is 197 Å². The molecule has 0 bridgehead atoms. The summed E-state index contributed by atoms with van der Waals surface area (Å²) >= 11 is 1.48.